The Bertz CT molecular complexity index is 434. The lowest BCUT2D eigenvalue weighted by Gasteiger charge is -2.34. The van der Waals surface area contributed by atoms with Crippen LogP contribution in [-0.4, -0.2) is 108 Å². The van der Waals surface area contributed by atoms with Crippen LogP contribution in [0.2, 0.25) is 0 Å². The van der Waals surface area contributed by atoms with Crippen LogP contribution in [0.3, 0.4) is 0 Å². The van der Waals surface area contributed by atoms with Crippen molar-refractivity contribution < 1.29 is 34.7 Å². The van der Waals surface area contributed by atoms with E-state index < -0.39 is 31.0 Å². The summed E-state index contributed by atoms with van der Waals surface area (Å²) in [6.45, 7) is 1.89. The average Bonchev–Trinajstić information content (AvgIpc) is 3.21. The minimum atomic E-state index is -1.42. The van der Waals surface area contributed by atoms with Gasteiger partial charge in [0.05, 0.1) is 12.6 Å². The molecule has 2 heterocycles. The molecule has 27 heavy (non-hydrogen) atoms. The molecule has 5 atom stereocenters. The van der Waals surface area contributed by atoms with Crippen molar-refractivity contribution in [2.24, 2.45) is 0 Å². The first-order valence-corrected chi connectivity index (χ1v) is 9.91. The van der Waals surface area contributed by atoms with E-state index in [0.717, 1.165) is 25.8 Å². The standard InChI is InChI=1S/C18H34N2O7/c21-12-15(23)17-16(24)14(22)11-20(18(25)13-5-3-6-19-13)7-4-9-26-8-1-2-10-27-17/h13-17,19,21-24H,1-12H2/t13-,14+,15-,16-,17-/m1/s1. The summed E-state index contributed by atoms with van der Waals surface area (Å²) >= 11 is 0. The molecule has 0 aromatic carbocycles. The highest BCUT2D eigenvalue weighted by atomic mass is 16.5. The summed E-state index contributed by atoms with van der Waals surface area (Å²) in [4.78, 5) is 14.3. The Morgan fingerprint density at radius 1 is 1.15 bits per heavy atom. The zero-order valence-corrected chi connectivity index (χ0v) is 15.8. The maximum atomic E-state index is 12.8. The van der Waals surface area contributed by atoms with Gasteiger partial charge in [-0.25, -0.2) is 0 Å². The molecule has 9 heteroatoms. The number of amides is 1. The molecule has 0 aromatic heterocycles. The molecule has 0 aliphatic carbocycles. The maximum absolute atomic E-state index is 12.8. The number of hydrogen-bond donors (Lipinski definition) is 5. The number of ether oxygens (including phenoxy) is 2. The number of aliphatic hydroxyl groups is 4. The summed E-state index contributed by atoms with van der Waals surface area (Å²) < 4.78 is 11.1. The molecular formula is C18H34N2O7. The summed E-state index contributed by atoms with van der Waals surface area (Å²) in [6, 6.07) is -0.274. The van der Waals surface area contributed by atoms with Gasteiger partial charge in [-0.1, -0.05) is 0 Å². The fraction of sp³-hybridized carbons (Fsp3) is 0.944. The molecule has 0 aromatic rings. The Morgan fingerprint density at radius 3 is 2.59 bits per heavy atom. The third kappa shape index (κ3) is 6.94. The van der Waals surface area contributed by atoms with E-state index >= 15 is 0 Å². The van der Waals surface area contributed by atoms with Crippen molar-refractivity contribution >= 4 is 5.91 Å². The van der Waals surface area contributed by atoms with Gasteiger partial charge in [-0.2, -0.15) is 0 Å². The van der Waals surface area contributed by atoms with Crippen LogP contribution in [-0.2, 0) is 14.3 Å². The number of rotatable bonds is 3. The van der Waals surface area contributed by atoms with Crippen molar-refractivity contribution in [1.82, 2.24) is 10.2 Å². The fourth-order valence-electron chi connectivity index (χ4n) is 3.49. The van der Waals surface area contributed by atoms with Gasteiger partial charge in [-0.3, -0.25) is 4.79 Å². The molecule has 0 bridgehead atoms. The maximum Gasteiger partial charge on any atom is 0.239 e. The zero-order chi connectivity index (χ0) is 19.6. The normalized spacial score (nSPS) is 33.4. The molecule has 0 radical (unpaired) electrons. The molecule has 1 amide bonds. The van der Waals surface area contributed by atoms with E-state index in [1.165, 1.54) is 4.90 Å². The second kappa shape index (κ2) is 11.9. The van der Waals surface area contributed by atoms with Crippen LogP contribution in [0, 0.1) is 0 Å². The molecule has 5 N–H and O–H groups in total. The first-order valence-electron chi connectivity index (χ1n) is 9.91. The Hall–Kier alpha value is -0.810. The highest BCUT2D eigenvalue weighted by molar-refractivity contribution is 5.82. The Morgan fingerprint density at radius 2 is 1.89 bits per heavy atom. The van der Waals surface area contributed by atoms with Crippen LogP contribution in [0.25, 0.3) is 0 Å². The monoisotopic (exact) mass is 390 g/mol. The molecular weight excluding hydrogens is 356 g/mol. The van der Waals surface area contributed by atoms with Crippen molar-refractivity contribution in [3.63, 3.8) is 0 Å². The molecule has 2 saturated heterocycles. The summed E-state index contributed by atoms with van der Waals surface area (Å²) in [6.07, 6.45) is -1.42. The van der Waals surface area contributed by atoms with Gasteiger partial charge < -0.3 is 40.1 Å². The number of carbonyl (C=O) groups excluding carboxylic acids is 1. The quantitative estimate of drug-likeness (QED) is 0.383. The van der Waals surface area contributed by atoms with Crippen molar-refractivity contribution in [3.8, 4) is 0 Å². The minimum Gasteiger partial charge on any atom is -0.394 e. The topological polar surface area (TPSA) is 132 Å². The van der Waals surface area contributed by atoms with Crippen molar-refractivity contribution in [2.45, 2.75) is 62.6 Å². The van der Waals surface area contributed by atoms with E-state index in [0.29, 0.717) is 32.6 Å². The predicted molar refractivity (Wildman–Crippen MR) is 97.1 cm³/mol. The van der Waals surface area contributed by atoms with Crippen LogP contribution in [0.4, 0.5) is 0 Å². The van der Waals surface area contributed by atoms with E-state index in [2.05, 4.69) is 5.32 Å². The largest absolute Gasteiger partial charge is 0.394 e. The number of nitrogens with one attached hydrogen (secondary N) is 1. The van der Waals surface area contributed by atoms with Gasteiger partial charge >= 0.3 is 0 Å². The van der Waals surface area contributed by atoms with Gasteiger partial charge in [-0.05, 0) is 38.6 Å². The van der Waals surface area contributed by atoms with Gasteiger partial charge in [0.2, 0.25) is 5.91 Å². The Balaban J connectivity index is 2.07. The molecule has 2 rings (SSSR count). The number of β-amino-alcohol motifs (C(OH)–C–C–N with tert-alkyl or cyclic N) is 1. The molecule has 2 aliphatic rings. The molecule has 2 aliphatic heterocycles. The number of carbonyl (C=O) groups is 1. The van der Waals surface area contributed by atoms with Crippen molar-refractivity contribution in [2.75, 3.05) is 46.1 Å². The molecule has 0 saturated carbocycles. The molecule has 2 fully saturated rings. The third-order valence-corrected chi connectivity index (χ3v) is 5.08. The summed E-state index contributed by atoms with van der Waals surface area (Å²) in [7, 11) is 0. The lowest BCUT2D eigenvalue weighted by Crippen LogP contribution is -2.54. The fourth-order valence-corrected chi connectivity index (χ4v) is 3.49. The van der Waals surface area contributed by atoms with E-state index in [1.807, 2.05) is 0 Å². The van der Waals surface area contributed by atoms with E-state index in [9.17, 15) is 25.2 Å². The first kappa shape index (κ1) is 22.5. The van der Waals surface area contributed by atoms with Gasteiger partial charge in [-0.15, -0.1) is 0 Å². The molecule has 0 unspecified atom stereocenters. The number of hydrogen-bond acceptors (Lipinski definition) is 8. The van der Waals surface area contributed by atoms with Crippen LogP contribution in [0.1, 0.15) is 32.1 Å². The highest BCUT2D eigenvalue weighted by Crippen LogP contribution is 2.15. The number of nitrogens with zero attached hydrogens (tertiary/aromatic N) is 1. The first-order chi connectivity index (χ1) is 13.0. The van der Waals surface area contributed by atoms with Gasteiger partial charge in [0, 0.05) is 32.9 Å². The number of aliphatic hydroxyl groups excluding tert-OH is 4. The molecule has 158 valence electrons. The minimum absolute atomic E-state index is 0.0732. The SMILES string of the molecule is O=C([C@H]1CCCN1)N1CCCOCCCCO[C@H]([C@H](O)CO)[C@H](O)[C@@H](O)C1. The van der Waals surface area contributed by atoms with E-state index in [-0.39, 0.29) is 25.1 Å². The van der Waals surface area contributed by atoms with Gasteiger partial charge in [0.1, 0.15) is 24.4 Å². The molecule has 0 spiro atoms. The van der Waals surface area contributed by atoms with Crippen LogP contribution in [0.5, 0.6) is 0 Å². The Labute approximate surface area is 160 Å². The lowest BCUT2D eigenvalue weighted by molar-refractivity contribution is -0.152. The van der Waals surface area contributed by atoms with Crippen LogP contribution >= 0.6 is 0 Å². The van der Waals surface area contributed by atoms with E-state index in [1.54, 1.807) is 0 Å². The molecule has 9 nitrogen and oxygen atoms in total. The second-order valence-corrected chi connectivity index (χ2v) is 7.25. The van der Waals surface area contributed by atoms with E-state index in [4.69, 9.17) is 9.47 Å². The summed E-state index contributed by atoms with van der Waals surface area (Å²) in [5.74, 6) is -0.106. The predicted octanol–water partition coefficient (Wildman–Crippen LogP) is -1.77. The van der Waals surface area contributed by atoms with Crippen LogP contribution < -0.4 is 5.32 Å². The van der Waals surface area contributed by atoms with Gasteiger partial charge in [0.15, 0.2) is 0 Å². The third-order valence-electron chi connectivity index (χ3n) is 5.08. The summed E-state index contributed by atoms with van der Waals surface area (Å²) in [5, 5.41) is 43.3. The zero-order valence-electron chi connectivity index (χ0n) is 15.8. The van der Waals surface area contributed by atoms with Crippen molar-refractivity contribution in [1.29, 1.82) is 0 Å². The Kier molecular flexibility index (Phi) is 9.91. The average molecular weight is 390 g/mol. The van der Waals surface area contributed by atoms with Crippen molar-refractivity contribution in [3.05, 3.63) is 0 Å². The van der Waals surface area contributed by atoms with Crippen LogP contribution in [0.15, 0.2) is 0 Å². The smallest absolute Gasteiger partial charge is 0.239 e. The summed E-state index contributed by atoms with van der Waals surface area (Å²) in [5.41, 5.74) is 0. The second-order valence-electron chi connectivity index (χ2n) is 7.25. The van der Waals surface area contributed by atoms with Gasteiger partial charge in [0.25, 0.3) is 0 Å². The highest BCUT2D eigenvalue weighted by Gasteiger charge is 2.35. The lowest BCUT2D eigenvalue weighted by atomic mass is 10.0.